The van der Waals surface area contributed by atoms with Gasteiger partial charge in [-0.3, -0.25) is 0 Å². The first-order valence-electron chi connectivity index (χ1n) is 7.00. The van der Waals surface area contributed by atoms with E-state index >= 15 is 0 Å². The SMILES string of the molecule is Cc1cc(Nc2cccc(Cl)c2)nc(Nc2ccccc2Br)n1. The van der Waals surface area contributed by atoms with Gasteiger partial charge in [0.05, 0.1) is 5.69 Å². The lowest BCUT2D eigenvalue weighted by Gasteiger charge is -2.11. The van der Waals surface area contributed by atoms with Gasteiger partial charge < -0.3 is 10.6 Å². The van der Waals surface area contributed by atoms with Gasteiger partial charge in [0.25, 0.3) is 0 Å². The van der Waals surface area contributed by atoms with Crippen LogP contribution >= 0.6 is 27.5 Å². The van der Waals surface area contributed by atoms with Gasteiger partial charge >= 0.3 is 0 Å². The van der Waals surface area contributed by atoms with Gasteiger partial charge in [-0.2, -0.15) is 4.98 Å². The second-order valence-corrected chi connectivity index (χ2v) is 6.25. The Bertz CT molecular complexity index is 838. The molecule has 0 unspecified atom stereocenters. The first-order chi connectivity index (χ1) is 11.1. The quantitative estimate of drug-likeness (QED) is 0.602. The number of aryl methyl sites for hydroxylation is 1. The summed E-state index contributed by atoms with van der Waals surface area (Å²) >= 11 is 9.51. The van der Waals surface area contributed by atoms with Crippen molar-refractivity contribution in [1.82, 2.24) is 9.97 Å². The first-order valence-corrected chi connectivity index (χ1v) is 8.17. The molecule has 0 fully saturated rings. The van der Waals surface area contributed by atoms with E-state index in [4.69, 9.17) is 11.6 Å². The Morgan fingerprint density at radius 1 is 0.957 bits per heavy atom. The molecule has 0 atom stereocenters. The molecule has 0 aliphatic carbocycles. The fourth-order valence-corrected chi connectivity index (χ4v) is 2.66. The molecule has 1 heterocycles. The van der Waals surface area contributed by atoms with E-state index in [-0.39, 0.29) is 0 Å². The summed E-state index contributed by atoms with van der Waals surface area (Å²) in [5, 5.41) is 7.13. The summed E-state index contributed by atoms with van der Waals surface area (Å²) in [6.07, 6.45) is 0. The van der Waals surface area contributed by atoms with Crippen molar-refractivity contribution < 1.29 is 0 Å². The number of benzene rings is 2. The normalized spacial score (nSPS) is 10.4. The van der Waals surface area contributed by atoms with E-state index in [1.54, 1.807) is 0 Å². The predicted octanol–water partition coefficient (Wildman–Crippen LogP) is 5.69. The highest BCUT2D eigenvalue weighted by Gasteiger charge is 2.05. The minimum absolute atomic E-state index is 0.529. The molecule has 1 aromatic heterocycles. The molecule has 0 saturated carbocycles. The zero-order valence-corrected chi connectivity index (χ0v) is 14.7. The van der Waals surface area contributed by atoms with Crippen molar-refractivity contribution in [3.8, 4) is 0 Å². The van der Waals surface area contributed by atoms with Crippen LogP contribution in [0.4, 0.5) is 23.1 Å². The number of hydrogen-bond donors (Lipinski definition) is 2. The van der Waals surface area contributed by atoms with E-state index < -0.39 is 0 Å². The van der Waals surface area contributed by atoms with Crippen LogP contribution in [-0.4, -0.2) is 9.97 Å². The van der Waals surface area contributed by atoms with Crippen molar-refractivity contribution in [3.05, 3.63) is 69.8 Å². The number of aromatic nitrogens is 2. The Morgan fingerprint density at radius 3 is 2.57 bits per heavy atom. The Hall–Kier alpha value is -2.11. The maximum absolute atomic E-state index is 6.01. The molecule has 0 radical (unpaired) electrons. The average Bonchev–Trinajstić information content (AvgIpc) is 2.49. The van der Waals surface area contributed by atoms with Crippen molar-refractivity contribution >= 4 is 50.7 Å². The van der Waals surface area contributed by atoms with Crippen molar-refractivity contribution in [3.63, 3.8) is 0 Å². The molecule has 3 rings (SSSR count). The van der Waals surface area contributed by atoms with Crippen LogP contribution in [0.15, 0.2) is 59.1 Å². The first kappa shape index (κ1) is 15.8. The predicted molar refractivity (Wildman–Crippen MR) is 98.9 cm³/mol. The van der Waals surface area contributed by atoms with E-state index in [9.17, 15) is 0 Å². The summed E-state index contributed by atoms with van der Waals surface area (Å²) in [5.74, 6) is 1.23. The molecule has 2 N–H and O–H groups in total. The molecular formula is C17H14BrClN4. The van der Waals surface area contributed by atoms with Crippen molar-refractivity contribution in [2.24, 2.45) is 0 Å². The average molecular weight is 390 g/mol. The van der Waals surface area contributed by atoms with Gasteiger partial charge in [-0.05, 0) is 53.2 Å². The topological polar surface area (TPSA) is 49.8 Å². The van der Waals surface area contributed by atoms with Crippen LogP contribution in [0.3, 0.4) is 0 Å². The van der Waals surface area contributed by atoms with E-state index in [1.807, 2.05) is 61.5 Å². The molecule has 0 aliphatic heterocycles. The number of anilines is 4. The summed E-state index contributed by atoms with van der Waals surface area (Å²) in [4.78, 5) is 8.92. The molecule has 3 aromatic rings. The number of halogens is 2. The summed E-state index contributed by atoms with van der Waals surface area (Å²) in [6.45, 7) is 1.93. The molecule has 4 nitrogen and oxygen atoms in total. The maximum atomic E-state index is 6.01. The number of rotatable bonds is 4. The Labute approximate surface area is 148 Å². The molecule has 0 saturated heterocycles. The van der Waals surface area contributed by atoms with Gasteiger partial charge in [-0.15, -0.1) is 0 Å². The lowest BCUT2D eigenvalue weighted by molar-refractivity contribution is 1.11. The molecule has 116 valence electrons. The molecule has 0 amide bonds. The number of nitrogens with zero attached hydrogens (tertiary/aromatic N) is 2. The fraction of sp³-hybridized carbons (Fsp3) is 0.0588. The standard InChI is InChI=1S/C17H14BrClN4/c1-11-9-16(21-13-6-4-5-12(19)10-13)23-17(20-11)22-15-8-3-2-7-14(15)18/h2-10H,1H3,(H2,20,21,22,23). The van der Waals surface area contributed by atoms with E-state index in [0.717, 1.165) is 21.5 Å². The van der Waals surface area contributed by atoms with Gasteiger partial charge in [0.2, 0.25) is 5.95 Å². The summed E-state index contributed by atoms with van der Waals surface area (Å²) in [6, 6.07) is 17.2. The smallest absolute Gasteiger partial charge is 0.229 e. The van der Waals surface area contributed by atoms with Gasteiger partial charge in [0, 0.05) is 26.9 Å². The van der Waals surface area contributed by atoms with Crippen LogP contribution in [0.5, 0.6) is 0 Å². The van der Waals surface area contributed by atoms with Crippen LogP contribution in [0, 0.1) is 6.92 Å². The van der Waals surface area contributed by atoms with E-state index in [0.29, 0.717) is 16.8 Å². The van der Waals surface area contributed by atoms with Crippen molar-refractivity contribution in [2.45, 2.75) is 6.92 Å². The zero-order valence-electron chi connectivity index (χ0n) is 12.3. The Kier molecular flexibility index (Phi) is 4.79. The van der Waals surface area contributed by atoms with Crippen LogP contribution in [0.25, 0.3) is 0 Å². The fourth-order valence-electron chi connectivity index (χ4n) is 2.09. The van der Waals surface area contributed by atoms with Crippen molar-refractivity contribution in [1.29, 1.82) is 0 Å². The zero-order chi connectivity index (χ0) is 16.2. The third-order valence-electron chi connectivity index (χ3n) is 3.07. The minimum Gasteiger partial charge on any atom is -0.340 e. The highest BCUT2D eigenvalue weighted by molar-refractivity contribution is 9.10. The molecule has 6 heteroatoms. The Balaban J connectivity index is 1.86. The third kappa shape index (κ3) is 4.21. The highest BCUT2D eigenvalue weighted by Crippen LogP contribution is 2.25. The van der Waals surface area contributed by atoms with Gasteiger partial charge in [-0.25, -0.2) is 4.98 Å². The summed E-state index contributed by atoms with van der Waals surface area (Å²) in [5.41, 5.74) is 2.65. The maximum Gasteiger partial charge on any atom is 0.229 e. The molecule has 0 spiro atoms. The third-order valence-corrected chi connectivity index (χ3v) is 4.00. The molecule has 0 aliphatic rings. The highest BCUT2D eigenvalue weighted by atomic mass is 79.9. The summed E-state index contributed by atoms with van der Waals surface area (Å²) < 4.78 is 0.953. The second-order valence-electron chi connectivity index (χ2n) is 4.96. The van der Waals surface area contributed by atoms with Crippen LogP contribution in [0.1, 0.15) is 5.69 Å². The van der Waals surface area contributed by atoms with Crippen LogP contribution in [0.2, 0.25) is 5.02 Å². The summed E-state index contributed by atoms with van der Waals surface area (Å²) in [7, 11) is 0. The van der Waals surface area contributed by atoms with Gasteiger partial charge in [0.15, 0.2) is 0 Å². The molecule has 23 heavy (non-hydrogen) atoms. The largest absolute Gasteiger partial charge is 0.340 e. The van der Waals surface area contributed by atoms with E-state index in [1.165, 1.54) is 0 Å². The van der Waals surface area contributed by atoms with Crippen LogP contribution < -0.4 is 10.6 Å². The lowest BCUT2D eigenvalue weighted by Crippen LogP contribution is -2.02. The second kappa shape index (κ2) is 6.98. The van der Waals surface area contributed by atoms with E-state index in [2.05, 4.69) is 36.5 Å². The molecule has 0 bridgehead atoms. The molecule has 2 aromatic carbocycles. The lowest BCUT2D eigenvalue weighted by atomic mass is 10.3. The van der Waals surface area contributed by atoms with Gasteiger partial charge in [0.1, 0.15) is 5.82 Å². The monoisotopic (exact) mass is 388 g/mol. The Morgan fingerprint density at radius 2 is 1.78 bits per heavy atom. The van der Waals surface area contributed by atoms with Crippen LogP contribution in [-0.2, 0) is 0 Å². The molecular weight excluding hydrogens is 376 g/mol. The number of para-hydroxylation sites is 1. The number of nitrogens with one attached hydrogen (secondary N) is 2. The van der Waals surface area contributed by atoms with Crippen molar-refractivity contribution in [2.75, 3.05) is 10.6 Å². The van der Waals surface area contributed by atoms with Gasteiger partial charge in [-0.1, -0.05) is 29.8 Å². The minimum atomic E-state index is 0.529. The number of hydrogen-bond acceptors (Lipinski definition) is 4.